The largest absolute Gasteiger partial charge is 0.382 e. The van der Waals surface area contributed by atoms with Crippen LogP contribution in [0.2, 0.25) is 0 Å². The zero-order chi connectivity index (χ0) is 20.2. The maximum Gasteiger partial charge on any atom is 0.253 e. The Labute approximate surface area is 170 Å². The number of aromatic amines is 1. The van der Waals surface area contributed by atoms with Crippen molar-refractivity contribution in [2.24, 2.45) is 7.05 Å². The monoisotopic (exact) mass is 396 g/mol. The number of carbonyl (C=O) groups is 1. The van der Waals surface area contributed by atoms with E-state index in [4.69, 9.17) is 9.47 Å². The summed E-state index contributed by atoms with van der Waals surface area (Å²) in [4.78, 5) is 16.3. The van der Waals surface area contributed by atoms with Crippen molar-refractivity contribution in [3.63, 3.8) is 0 Å². The summed E-state index contributed by atoms with van der Waals surface area (Å²) < 4.78 is 12.6. The highest BCUT2D eigenvalue weighted by atomic mass is 16.5. The fourth-order valence-electron chi connectivity index (χ4n) is 4.02. The van der Waals surface area contributed by atoms with Crippen LogP contribution in [0.4, 0.5) is 0 Å². The first-order valence-electron chi connectivity index (χ1n) is 10.2. The van der Waals surface area contributed by atoms with E-state index in [0.29, 0.717) is 18.8 Å². The highest BCUT2D eigenvalue weighted by Crippen LogP contribution is 2.28. The predicted molar refractivity (Wildman–Crippen MR) is 112 cm³/mol. The number of hydrogen-bond acceptors (Lipinski definition) is 4. The minimum atomic E-state index is -0.0352. The van der Waals surface area contributed by atoms with Gasteiger partial charge >= 0.3 is 0 Å². The Bertz CT molecular complexity index is 970. The minimum absolute atomic E-state index is 0.0352. The number of methoxy groups -OCH3 is 1. The fraction of sp³-hybridized carbons (Fsp3) is 0.455. The van der Waals surface area contributed by atoms with E-state index in [0.717, 1.165) is 47.7 Å². The van der Waals surface area contributed by atoms with Gasteiger partial charge in [0.05, 0.1) is 36.6 Å². The molecule has 1 aromatic carbocycles. The van der Waals surface area contributed by atoms with Gasteiger partial charge in [0.2, 0.25) is 0 Å². The summed E-state index contributed by atoms with van der Waals surface area (Å²) in [5, 5.41) is 8.50. The van der Waals surface area contributed by atoms with Crippen LogP contribution < -0.4 is 5.32 Å². The molecule has 0 atom stereocenters. The van der Waals surface area contributed by atoms with E-state index in [1.54, 1.807) is 11.8 Å². The molecule has 1 aliphatic carbocycles. The van der Waals surface area contributed by atoms with Crippen molar-refractivity contribution in [1.29, 1.82) is 0 Å². The lowest BCUT2D eigenvalue weighted by Crippen LogP contribution is -2.39. The van der Waals surface area contributed by atoms with Crippen LogP contribution in [0.5, 0.6) is 0 Å². The molecule has 0 spiro atoms. The standard InChI is InChI=1S/C22H28N4O3/c1-26-14-17(13-24-26)16-11-15-7-8-23-21(15)20(12-16)22(27)25-18-3-5-19(6-4-18)29-10-9-28-2/h7-8,11-14,18-19,23H,3-6,9-10H2,1-2H3,(H,25,27). The second-order valence-electron chi connectivity index (χ2n) is 7.68. The summed E-state index contributed by atoms with van der Waals surface area (Å²) in [6.07, 6.45) is 9.70. The number of nitrogens with zero attached hydrogens (tertiary/aromatic N) is 2. The molecule has 154 valence electrons. The van der Waals surface area contributed by atoms with Gasteiger partial charge < -0.3 is 19.8 Å². The van der Waals surface area contributed by atoms with Crippen LogP contribution in [0.25, 0.3) is 22.0 Å². The van der Waals surface area contributed by atoms with Crippen LogP contribution in [0.3, 0.4) is 0 Å². The lowest BCUT2D eigenvalue weighted by Gasteiger charge is -2.29. The first kappa shape index (κ1) is 19.7. The van der Waals surface area contributed by atoms with Crippen molar-refractivity contribution < 1.29 is 14.3 Å². The summed E-state index contributed by atoms with van der Waals surface area (Å²) in [6.45, 7) is 1.25. The number of ether oxygens (including phenoxy) is 2. The molecule has 0 saturated heterocycles. The third kappa shape index (κ3) is 4.52. The van der Waals surface area contributed by atoms with Gasteiger partial charge in [0, 0.05) is 43.5 Å². The van der Waals surface area contributed by atoms with Crippen molar-refractivity contribution >= 4 is 16.8 Å². The second-order valence-corrected chi connectivity index (χ2v) is 7.68. The van der Waals surface area contributed by atoms with Crippen molar-refractivity contribution in [2.45, 2.75) is 37.8 Å². The summed E-state index contributed by atoms with van der Waals surface area (Å²) in [5.41, 5.74) is 3.53. The van der Waals surface area contributed by atoms with E-state index < -0.39 is 0 Å². The number of H-pyrrole nitrogens is 1. The number of aryl methyl sites for hydroxylation is 1. The van der Waals surface area contributed by atoms with E-state index in [9.17, 15) is 4.79 Å². The van der Waals surface area contributed by atoms with Gasteiger partial charge in [-0.2, -0.15) is 5.10 Å². The molecule has 1 saturated carbocycles. The van der Waals surface area contributed by atoms with Crippen LogP contribution in [-0.2, 0) is 16.5 Å². The molecule has 29 heavy (non-hydrogen) atoms. The normalized spacial score (nSPS) is 19.5. The molecule has 2 heterocycles. The van der Waals surface area contributed by atoms with Gasteiger partial charge in [-0.25, -0.2) is 0 Å². The number of amides is 1. The third-order valence-electron chi connectivity index (χ3n) is 5.59. The number of rotatable bonds is 7. The molecular formula is C22H28N4O3. The maximum atomic E-state index is 13.1. The van der Waals surface area contributed by atoms with Gasteiger partial charge in [-0.05, 0) is 49.4 Å². The fourth-order valence-corrected chi connectivity index (χ4v) is 4.02. The number of fused-ring (bicyclic) bond motifs is 1. The summed E-state index contributed by atoms with van der Waals surface area (Å²) in [6, 6.07) is 6.21. The Kier molecular flexibility index (Phi) is 5.97. The third-order valence-corrected chi connectivity index (χ3v) is 5.59. The molecule has 2 aromatic heterocycles. The van der Waals surface area contributed by atoms with Crippen molar-refractivity contribution in [2.75, 3.05) is 20.3 Å². The predicted octanol–water partition coefficient (Wildman–Crippen LogP) is 3.27. The molecule has 1 aliphatic rings. The van der Waals surface area contributed by atoms with Gasteiger partial charge in [-0.1, -0.05) is 0 Å². The lowest BCUT2D eigenvalue weighted by atomic mass is 9.92. The van der Waals surface area contributed by atoms with Crippen LogP contribution in [0.15, 0.2) is 36.8 Å². The SMILES string of the molecule is COCCOC1CCC(NC(=O)c2cc(-c3cnn(C)c3)cc3cc[nH]c23)CC1. The van der Waals surface area contributed by atoms with E-state index in [1.807, 2.05) is 37.8 Å². The number of aromatic nitrogens is 3. The quantitative estimate of drug-likeness (QED) is 0.601. The first-order chi connectivity index (χ1) is 14.1. The molecule has 1 fully saturated rings. The van der Waals surface area contributed by atoms with Crippen molar-refractivity contribution in [3.8, 4) is 11.1 Å². The van der Waals surface area contributed by atoms with Crippen LogP contribution >= 0.6 is 0 Å². The highest BCUT2D eigenvalue weighted by Gasteiger charge is 2.24. The van der Waals surface area contributed by atoms with E-state index in [2.05, 4.69) is 21.5 Å². The van der Waals surface area contributed by atoms with Crippen LogP contribution in [0.1, 0.15) is 36.0 Å². The summed E-state index contributed by atoms with van der Waals surface area (Å²) in [7, 11) is 3.57. The Hall–Kier alpha value is -2.64. The minimum Gasteiger partial charge on any atom is -0.382 e. The topological polar surface area (TPSA) is 81.2 Å². The van der Waals surface area contributed by atoms with Gasteiger partial charge in [0.15, 0.2) is 0 Å². The Morgan fingerprint density at radius 1 is 1.24 bits per heavy atom. The molecule has 0 unspecified atom stereocenters. The smallest absolute Gasteiger partial charge is 0.253 e. The molecule has 0 aliphatic heterocycles. The first-order valence-corrected chi connectivity index (χ1v) is 10.2. The number of hydrogen-bond donors (Lipinski definition) is 2. The van der Waals surface area contributed by atoms with Crippen LogP contribution in [0, 0.1) is 0 Å². The Morgan fingerprint density at radius 2 is 2.07 bits per heavy atom. The zero-order valence-electron chi connectivity index (χ0n) is 17.0. The van der Waals surface area contributed by atoms with Crippen molar-refractivity contribution in [1.82, 2.24) is 20.1 Å². The average molecular weight is 396 g/mol. The summed E-state index contributed by atoms with van der Waals surface area (Å²) in [5.74, 6) is -0.0352. The van der Waals surface area contributed by atoms with E-state index in [1.165, 1.54) is 0 Å². The summed E-state index contributed by atoms with van der Waals surface area (Å²) >= 11 is 0. The second kappa shape index (κ2) is 8.80. The molecule has 1 amide bonds. The zero-order valence-corrected chi connectivity index (χ0v) is 17.0. The molecule has 0 bridgehead atoms. The Balaban J connectivity index is 1.46. The van der Waals surface area contributed by atoms with E-state index >= 15 is 0 Å². The molecule has 7 nitrogen and oxygen atoms in total. The molecule has 2 N–H and O–H groups in total. The van der Waals surface area contributed by atoms with E-state index in [-0.39, 0.29) is 18.1 Å². The molecule has 7 heteroatoms. The van der Waals surface area contributed by atoms with Gasteiger partial charge in [-0.3, -0.25) is 9.48 Å². The maximum absolute atomic E-state index is 13.1. The lowest BCUT2D eigenvalue weighted by molar-refractivity contribution is -0.00408. The number of benzene rings is 1. The van der Waals surface area contributed by atoms with Crippen molar-refractivity contribution in [3.05, 3.63) is 42.4 Å². The molecule has 4 rings (SSSR count). The van der Waals surface area contributed by atoms with Gasteiger partial charge in [0.1, 0.15) is 0 Å². The van der Waals surface area contributed by atoms with Gasteiger partial charge in [0.25, 0.3) is 5.91 Å². The molecule has 0 radical (unpaired) electrons. The molecular weight excluding hydrogens is 368 g/mol. The highest BCUT2D eigenvalue weighted by molar-refractivity contribution is 6.07. The Morgan fingerprint density at radius 3 is 2.79 bits per heavy atom. The molecule has 3 aromatic rings. The van der Waals surface area contributed by atoms with Crippen LogP contribution in [-0.4, -0.2) is 53.1 Å². The van der Waals surface area contributed by atoms with Gasteiger partial charge in [-0.15, -0.1) is 0 Å². The number of nitrogens with one attached hydrogen (secondary N) is 2. The number of carbonyl (C=O) groups excluding carboxylic acids is 1. The average Bonchev–Trinajstić information content (AvgIpc) is 3.37.